The molecule has 0 aliphatic heterocycles. The molecule has 0 amide bonds. The van der Waals surface area contributed by atoms with Crippen LogP contribution in [-0.2, 0) is 0 Å². The Morgan fingerprint density at radius 3 is 2.55 bits per heavy atom. The van der Waals surface area contributed by atoms with E-state index in [1.165, 1.54) is 44.1 Å². The summed E-state index contributed by atoms with van der Waals surface area (Å²) in [6.45, 7) is 10.3. The maximum absolute atomic E-state index is 6.07. The SMILES string of the molecule is C=Cc1ccc(C)c(OC(C)CCCCCCCC)c1. The van der Waals surface area contributed by atoms with Crippen molar-refractivity contribution >= 4 is 6.08 Å². The quantitative estimate of drug-likeness (QED) is 0.464. The minimum absolute atomic E-state index is 0.292. The van der Waals surface area contributed by atoms with Gasteiger partial charge in [-0.25, -0.2) is 0 Å². The van der Waals surface area contributed by atoms with Crippen molar-refractivity contribution in [2.75, 3.05) is 0 Å². The van der Waals surface area contributed by atoms with Crippen LogP contribution >= 0.6 is 0 Å². The summed E-state index contributed by atoms with van der Waals surface area (Å²) in [6.07, 6.45) is 11.3. The molecule has 1 nitrogen and oxygen atoms in total. The van der Waals surface area contributed by atoms with Gasteiger partial charge in [-0.1, -0.05) is 63.8 Å². The lowest BCUT2D eigenvalue weighted by molar-refractivity contribution is 0.205. The molecule has 0 spiro atoms. The summed E-state index contributed by atoms with van der Waals surface area (Å²) in [6, 6.07) is 6.26. The van der Waals surface area contributed by atoms with Gasteiger partial charge in [-0.2, -0.15) is 0 Å². The molecule has 0 fully saturated rings. The van der Waals surface area contributed by atoms with Gasteiger partial charge in [0.2, 0.25) is 0 Å². The summed E-state index contributed by atoms with van der Waals surface area (Å²) in [7, 11) is 0. The fraction of sp³-hybridized carbons (Fsp3) is 0.579. The number of rotatable bonds is 10. The van der Waals surface area contributed by atoms with Crippen LogP contribution in [0, 0.1) is 6.92 Å². The van der Waals surface area contributed by atoms with E-state index >= 15 is 0 Å². The van der Waals surface area contributed by atoms with Crippen molar-refractivity contribution in [3.05, 3.63) is 35.9 Å². The van der Waals surface area contributed by atoms with Crippen LogP contribution < -0.4 is 4.74 Å². The largest absolute Gasteiger partial charge is 0.490 e. The van der Waals surface area contributed by atoms with Crippen molar-refractivity contribution in [3.8, 4) is 5.75 Å². The molecule has 0 aliphatic rings. The molecule has 1 heteroatoms. The fourth-order valence-corrected chi connectivity index (χ4v) is 2.36. The Hall–Kier alpha value is -1.24. The molecule has 0 N–H and O–H groups in total. The van der Waals surface area contributed by atoms with E-state index in [4.69, 9.17) is 4.74 Å². The second-order valence-electron chi connectivity index (χ2n) is 5.71. The molecule has 0 radical (unpaired) electrons. The summed E-state index contributed by atoms with van der Waals surface area (Å²) in [4.78, 5) is 0. The van der Waals surface area contributed by atoms with E-state index in [-0.39, 0.29) is 0 Å². The van der Waals surface area contributed by atoms with E-state index < -0.39 is 0 Å². The molecular formula is C19H30O. The van der Waals surface area contributed by atoms with E-state index in [2.05, 4.69) is 45.5 Å². The zero-order chi connectivity index (χ0) is 14.8. The summed E-state index contributed by atoms with van der Waals surface area (Å²) >= 11 is 0. The third-order valence-electron chi connectivity index (χ3n) is 3.74. The predicted octanol–water partition coefficient (Wildman–Crippen LogP) is 6.16. The number of hydrogen-bond acceptors (Lipinski definition) is 1. The van der Waals surface area contributed by atoms with Crippen LogP contribution in [0.2, 0.25) is 0 Å². The predicted molar refractivity (Wildman–Crippen MR) is 89.4 cm³/mol. The van der Waals surface area contributed by atoms with Gasteiger partial charge in [0.05, 0.1) is 6.10 Å². The van der Waals surface area contributed by atoms with Crippen LogP contribution in [0.15, 0.2) is 24.8 Å². The minimum Gasteiger partial charge on any atom is -0.490 e. The van der Waals surface area contributed by atoms with Crippen molar-refractivity contribution in [1.82, 2.24) is 0 Å². The Morgan fingerprint density at radius 2 is 1.85 bits per heavy atom. The third kappa shape index (κ3) is 6.27. The van der Waals surface area contributed by atoms with Crippen LogP contribution in [0.25, 0.3) is 6.08 Å². The topological polar surface area (TPSA) is 9.23 Å². The van der Waals surface area contributed by atoms with Crippen molar-refractivity contribution in [1.29, 1.82) is 0 Å². The number of hydrogen-bond donors (Lipinski definition) is 0. The van der Waals surface area contributed by atoms with Gasteiger partial charge in [0, 0.05) is 0 Å². The van der Waals surface area contributed by atoms with E-state index in [0.717, 1.165) is 17.7 Å². The smallest absolute Gasteiger partial charge is 0.123 e. The van der Waals surface area contributed by atoms with Gasteiger partial charge in [0.25, 0.3) is 0 Å². The minimum atomic E-state index is 0.292. The molecule has 1 aromatic carbocycles. The molecule has 0 bridgehead atoms. The molecule has 1 atom stereocenters. The van der Waals surface area contributed by atoms with Crippen LogP contribution in [0.1, 0.15) is 69.9 Å². The molecule has 112 valence electrons. The Bertz CT molecular complexity index is 395. The highest BCUT2D eigenvalue weighted by molar-refractivity contribution is 5.51. The van der Waals surface area contributed by atoms with Crippen LogP contribution in [0.5, 0.6) is 5.75 Å². The average molecular weight is 274 g/mol. The first-order chi connectivity index (χ1) is 9.67. The van der Waals surface area contributed by atoms with E-state index in [0.29, 0.717) is 6.10 Å². The van der Waals surface area contributed by atoms with E-state index in [9.17, 15) is 0 Å². The normalized spacial score (nSPS) is 12.2. The third-order valence-corrected chi connectivity index (χ3v) is 3.74. The fourth-order valence-electron chi connectivity index (χ4n) is 2.36. The van der Waals surface area contributed by atoms with Gasteiger partial charge in [-0.3, -0.25) is 0 Å². The molecule has 0 saturated carbocycles. The second-order valence-corrected chi connectivity index (χ2v) is 5.71. The Labute approximate surface area is 125 Å². The maximum atomic E-state index is 6.07. The van der Waals surface area contributed by atoms with Gasteiger partial charge in [-0.05, 0) is 43.9 Å². The highest BCUT2D eigenvalue weighted by Gasteiger charge is 2.06. The van der Waals surface area contributed by atoms with Crippen LogP contribution in [0.3, 0.4) is 0 Å². The van der Waals surface area contributed by atoms with Crippen LogP contribution in [0.4, 0.5) is 0 Å². The van der Waals surface area contributed by atoms with E-state index in [1.807, 2.05) is 6.08 Å². The number of ether oxygens (including phenoxy) is 1. The lowest BCUT2D eigenvalue weighted by atomic mass is 10.1. The zero-order valence-corrected chi connectivity index (χ0v) is 13.5. The van der Waals surface area contributed by atoms with Gasteiger partial charge in [0.15, 0.2) is 0 Å². The first kappa shape index (κ1) is 16.8. The summed E-state index contributed by atoms with van der Waals surface area (Å²) < 4.78 is 6.07. The Balaban J connectivity index is 2.31. The number of benzene rings is 1. The Kier molecular flexibility index (Phi) is 8.10. The van der Waals surface area contributed by atoms with E-state index in [1.54, 1.807) is 0 Å². The first-order valence-electron chi connectivity index (χ1n) is 8.07. The molecule has 1 aromatic rings. The van der Waals surface area contributed by atoms with Crippen molar-refractivity contribution in [2.24, 2.45) is 0 Å². The standard InChI is InChI=1S/C19H30O/c1-5-7-8-9-10-11-12-17(4)20-19-15-18(6-2)14-13-16(19)3/h6,13-15,17H,2,5,7-12H2,1,3-4H3. The molecule has 0 heterocycles. The first-order valence-corrected chi connectivity index (χ1v) is 8.07. The Morgan fingerprint density at radius 1 is 1.15 bits per heavy atom. The van der Waals surface area contributed by atoms with Crippen LogP contribution in [-0.4, -0.2) is 6.10 Å². The van der Waals surface area contributed by atoms with Gasteiger partial charge in [-0.15, -0.1) is 0 Å². The lowest BCUT2D eigenvalue weighted by Crippen LogP contribution is -2.12. The highest BCUT2D eigenvalue weighted by Crippen LogP contribution is 2.22. The average Bonchev–Trinajstić information content (AvgIpc) is 2.45. The lowest BCUT2D eigenvalue weighted by Gasteiger charge is -2.17. The van der Waals surface area contributed by atoms with Gasteiger partial charge in [0.1, 0.15) is 5.75 Å². The van der Waals surface area contributed by atoms with Gasteiger partial charge >= 0.3 is 0 Å². The molecular weight excluding hydrogens is 244 g/mol. The van der Waals surface area contributed by atoms with Crippen molar-refractivity contribution < 1.29 is 4.74 Å². The molecule has 1 unspecified atom stereocenters. The van der Waals surface area contributed by atoms with Crippen molar-refractivity contribution in [3.63, 3.8) is 0 Å². The molecule has 0 aliphatic carbocycles. The van der Waals surface area contributed by atoms with Crippen molar-refractivity contribution in [2.45, 2.75) is 71.8 Å². The molecule has 0 saturated heterocycles. The second kappa shape index (κ2) is 9.63. The maximum Gasteiger partial charge on any atom is 0.123 e. The number of unbranched alkanes of at least 4 members (excludes halogenated alkanes) is 5. The monoisotopic (exact) mass is 274 g/mol. The molecule has 0 aromatic heterocycles. The summed E-state index contributed by atoms with van der Waals surface area (Å²) in [5.41, 5.74) is 2.32. The molecule has 1 rings (SSSR count). The zero-order valence-electron chi connectivity index (χ0n) is 13.5. The highest BCUT2D eigenvalue weighted by atomic mass is 16.5. The summed E-state index contributed by atoms with van der Waals surface area (Å²) in [5, 5.41) is 0. The van der Waals surface area contributed by atoms with Gasteiger partial charge < -0.3 is 4.74 Å². The number of aryl methyl sites for hydroxylation is 1. The summed E-state index contributed by atoms with van der Waals surface area (Å²) in [5.74, 6) is 1.00. The molecule has 20 heavy (non-hydrogen) atoms.